The fraction of sp³-hybridized carbons (Fsp3) is 0.136. The van der Waals surface area contributed by atoms with Crippen molar-refractivity contribution in [2.45, 2.75) is 20.0 Å². The van der Waals surface area contributed by atoms with Gasteiger partial charge >= 0.3 is 6.61 Å². The second kappa shape index (κ2) is 9.60. The molecule has 0 bridgehead atoms. The number of hydrogen-bond acceptors (Lipinski definition) is 4. The number of nitrogens with one attached hydrogen (secondary N) is 2. The zero-order chi connectivity index (χ0) is 21.5. The number of rotatable bonds is 7. The lowest BCUT2D eigenvalue weighted by atomic mass is 10.1. The van der Waals surface area contributed by atoms with Gasteiger partial charge in [0.15, 0.2) is 0 Å². The molecule has 0 aliphatic carbocycles. The summed E-state index contributed by atoms with van der Waals surface area (Å²) in [5.41, 5.74) is 1.89. The van der Waals surface area contributed by atoms with Crippen molar-refractivity contribution in [3.05, 3.63) is 82.3 Å². The van der Waals surface area contributed by atoms with Gasteiger partial charge in [-0.3, -0.25) is 9.59 Å². The number of benzene rings is 2. The van der Waals surface area contributed by atoms with Crippen LogP contribution in [0.3, 0.4) is 0 Å². The minimum absolute atomic E-state index is 0.0237. The predicted molar refractivity (Wildman–Crippen MR) is 110 cm³/mol. The summed E-state index contributed by atoms with van der Waals surface area (Å²) >= 11 is 0. The first-order chi connectivity index (χ1) is 14.4. The van der Waals surface area contributed by atoms with Crippen molar-refractivity contribution in [2.24, 2.45) is 0 Å². The lowest BCUT2D eigenvalue weighted by molar-refractivity contribution is -0.111. The van der Waals surface area contributed by atoms with E-state index in [0.29, 0.717) is 34.8 Å². The van der Waals surface area contributed by atoms with Crippen molar-refractivity contribution >= 4 is 17.7 Å². The minimum Gasteiger partial charge on any atom is -0.434 e. The van der Waals surface area contributed by atoms with Crippen LogP contribution >= 0.6 is 0 Å². The Hall–Kier alpha value is -3.81. The normalized spacial score (nSPS) is 11.1. The Kier molecular flexibility index (Phi) is 6.69. The summed E-state index contributed by atoms with van der Waals surface area (Å²) in [5, 5.41) is 2.69. The molecule has 154 valence electrons. The minimum atomic E-state index is -2.96. The number of amides is 1. The monoisotopic (exact) mass is 411 g/mol. The highest BCUT2D eigenvalue weighted by atomic mass is 19.3. The number of carbonyl (C=O) groups is 1. The molecule has 6 nitrogen and oxygen atoms in total. The van der Waals surface area contributed by atoms with Crippen molar-refractivity contribution in [1.29, 1.82) is 0 Å². The highest BCUT2D eigenvalue weighted by molar-refractivity contribution is 6.02. The standard InChI is InChI=1S/C22H19F2N3O3/c1-2-16-13-20(29)27-21(26-16)15-7-5-8-17(12-15)25-19(28)11-10-14-6-3-4-9-18(14)30-22(23)24/h3-13,22H,2H2,1H3,(H,25,28)(H,26,27,29)/b11-10+. The molecule has 0 aliphatic heterocycles. The highest BCUT2D eigenvalue weighted by Crippen LogP contribution is 2.22. The van der Waals surface area contributed by atoms with Crippen LogP contribution in [0.4, 0.5) is 14.5 Å². The molecule has 0 radical (unpaired) electrons. The average Bonchev–Trinajstić information content (AvgIpc) is 2.72. The van der Waals surface area contributed by atoms with E-state index in [1.807, 2.05) is 6.92 Å². The van der Waals surface area contributed by atoms with Gasteiger partial charge in [-0.2, -0.15) is 8.78 Å². The smallest absolute Gasteiger partial charge is 0.387 e. The first-order valence-corrected chi connectivity index (χ1v) is 9.18. The average molecular weight is 411 g/mol. The van der Waals surface area contributed by atoms with E-state index in [9.17, 15) is 18.4 Å². The Bertz CT molecular complexity index is 1130. The van der Waals surface area contributed by atoms with Gasteiger partial charge in [-0.05, 0) is 30.7 Å². The third-order valence-electron chi connectivity index (χ3n) is 4.11. The van der Waals surface area contributed by atoms with E-state index in [2.05, 4.69) is 20.0 Å². The van der Waals surface area contributed by atoms with Crippen LogP contribution in [0.25, 0.3) is 17.5 Å². The van der Waals surface area contributed by atoms with E-state index in [1.165, 1.54) is 24.3 Å². The third-order valence-corrected chi connectivity index (χ3v) is 4.11. The Morgan fingerprint density at radius 1 is 1.20 bits per heavy atom. The number of aromatic amines is 1. The first-order valence-electron chi connectivity index (χ1n) is 9.18. The van der Waals surface area contributed by atoms with Gasteiger partial charge in [0.2, 0.25) is 5.91 Å². The quantitative estimate of drug-likeness (QED) is 0.569. The van der Waals surface area contributed by atoms with Gasteiger partial charge in [-0.1, -0.05) is 37.3 Å². The van der Waals surface area contributed by atoms with Crippen LogP contribution in [0.5, 0.6) is 5.75 Å². The van der Waals surface area contributed by atoms with Gasteiger partial charge in [0, 0.05) is 34.7 Å². The molecule has 0 saturated carbocycles. The Balaban J connectivity index is 1.76. The number of nitrogens with zero attached hydrogens (tertiary/aromatic N) is 1. The van der Waals surface area contributed by atoms with Crippen LogP contribution in [0.15, 0.2) is 65.5 Å². The molecule has 0 atom stereocenters. The summed E-state index contributed by atoms with van der Waals surface area (Å²) < 4.78 is 29.4. The third kappa shape index (κ3) is 5.60. The fourth-order valence-electron chi connectivity index (χ4n) is 2.74. The molecule has 0 unspecified atom stereocenters. The molecule has 2 aromatic carbocycles. The maximum Gasteiger partial charge on any atom is 0.387 e. The van der Waals surface area contributed by atoms with E-state index < -0.39 is 12.5 Å². The topological polar surface area (TPSA) is 84.1 Å². The molecule has 1 heterocycles. The van der Waals surface area contributed by atoms with E-state index >= 15 is 0 Å². The van der Waals surface area contributed by atoms with Crippen molar-refractivity contribution in [3.63, 3.8) is 0 Å². The Morgan fingerprint density at radius 2 is 2.00 bits per heavy atom. The van der Waals surface area contributed by atoms with Gasteiger partial charge in [-0.15, -0.1) is 0 Å². The molecule has 3 rings (SSSR count). The molecule has 2 N–H and O–H groups in total. The molecule has 0 fully saturated rings. The molecular weight excluding hydrogens is 392 g/mol. The van der Waals surface area contributed by atoms with Gasteiger partial charge in [0.1, 0.15) is 11.6 Å². The van der Waals surface area contributed by atoms with Crippen molar-refractivity contribution in [2.75, 3.05) is 5.32 Å². The largest absolute Gasteiger partial charge is 0.434 e. The van der Waals surface area contributed by atoms with Gasteiger partial charge in [-0.25, -0.2) is 4.98 Å². The fourth-order valence-corrected chi connectivity index (χ4v) is 2.74. The zero-order valence-electron chi connectivity index (χ0n) is 16.1. The van der Waals surface area contributed by atoms with Crippen molar-refractivity contribution < 1.29 is 18.3 Å². The summed E-state index contributed by atoms with van der Waals surface area (Å²) in [4.78, 5) is 31.1. The summed E-state index contributed by atoms with van der Waals surface area (Å²) in [6.45, 7) is -1.05. The summed E-state index contributed by atoms with van der Waals surface area (Å²) in [6, 6.07) is 14.5. The number of carbonyl (C=O) groups excluding carboxylic acids is 1. The summed E-state index contributed by atoms with van der Waals surface area (Å²) in [6.07, 6.45) is 3.23. The summed E-state index contributed by atoms with van der Waals surface area (Å²) in [7, 11) is 0. The van der Waals surface area contributed by atoms with Crippen LogP contribution < -0.4 is 15.6 Å². The predicted octanol–water partition coefficient (Wildman–Crippen LogP) is 4.25. The Morgan fingerprint density at radius 3 is 2.77 bits per heavy atom. The SMILES string of the molecule is CCc1cc(=O)[nH]c(-c2cccc(NC(=O)/C=C/c3ccccc3OC(F)F)c2)n1. The molecular formula is C22H19F2N3O3. The highest BCUT2D eigenvalue weighted by Gasteiger charge is 2.08. The summed E-state index contributed by atoms with van der Waals surface area (Å²) in [5.74, 6) is -0.0730. The van der Waals surface area contributed by atoms with Gasteiger partial charge < -0.3 is 15.0 Å². The van der Waals surface area contributed by atoms with Crippen LogP contribution in [0.2, 0.25) is 0 Å². The molecule has 0 saturated heterocycles. The van der Waals surface area contributed by atoms with Gasteiger partial charge in [0.25, 0.3) is 5.56 Å². The van der Waals surface area contributed by atoms with Crippen molar-refractivity contribution in [1.82, 2.24) is 9.97 Å². The molecule has 8 heteroatoms. The molecule has 1 amide bonds. The number of aryl methyl sites for hydroxylation is 1. The first kappa shape index (κ1) is 20.9. The number of para-hydroxylation sites is 1. The second-order valence-corrected chi connectivity index (χ2v) is 6.26. The van der Waals surface area contributed by atoms with Crippen LogP contribution in [0, 0.1) is 0 Å². The number of hydrogen-bond donors (Lipinski definition) is 2. The number of aromatic nitrogens is 2. The number of alkyl halides is 2. The molecule has 0 spiro atoms. The zero-order valence-corrected chi connectivity index (χ0v) is 16.1. The Labute approximate surface area is 171 Å². The molecule has 30 heavy (non-hydrogen) atoms. The van der Waals surface area contributed by atoms with E-state index in [0.717, 1.165) is 0 Å². The number of ether oxygens (including phenoxy) is 1. The van der Waals surface area contributed by atoms with Crippen LogP contribution in [-0.2, 0) is 11.2 Å². The number of halogens is 2. The van der Waals surface area contributed by atoms with E-state index in [-0.39, 0.29) is 11.3 Å². The number of anilines is 1. The second-order valence-electron chi connectivity index (χ2n) is 6.26. The van der Waals surface area contributed by atoms with Crippen LogP contribution in [-0.4, -0.2) is 22.5 Å². The number of H-pyrrole nitrogens is 1. The maximum absolute atomic E-state index is 12.5. The molecule has 3 aromatic rings. The van der Waals surface area contributed by atoms with E-state index in [1.54, 1.807) is 42.5 Å². The van der Waals surface area contributed by atoms with Gasteiger partial charge in [0.05, 0.1) is 0 Å². The lowest BCUT2D eigenvalue weighted by Crippen LogP contribution is -2.11. The van der Waals surface area contributed by atoms with E-state index in [4.69, 9.17) is 0 Å². The lowest BCUT2D eigenvalue weighted by Gasteiger charge is -2.08. The van der Waals surface area contributed by atoms with Crippen molar-refractivity contribution in [3.8, 4) is 17.1 Å². The van der Waals surface area contributed by atoms with Crippen LogP contribution in [0.1, 0.15) is 18.2 Å². The molecule has 1 aromatic heterocycles. The molecule has 0 aliphatic rings. The maximum atomic E-state index is 12.5.